The van der Waals surface area contributed by atoms with Gasteiger partial charge in [0.2, 0.25) is 0 Å². The highest BCUT2D eigenvalue weighted by molar-refractivity contribution is 5.59. The van der Waals surface area contributed by atoms with Crippen LogP contribution in [0.25, 0.3) is 0 Å². The first-order valence-electron chi connectivity index (χ1n) is 12.5. The van der Waals surface area contributed by atoms with E-state index in [4.69, 9.17) is 9.47 Å². The van der Waals surface area contributed by atoms with Gasteiger partial charge in [-0.2, -0.15) is 0 Å². The van der Waals surface area contributed by atoms with Crippen molar-refractivity contribution in [1.29, 1.82) is 0 Å². The van der Waals surface area contributed by atoms with E-state index in [1.54, 1.807) is 6.07 Å². The Kier molecular flexibility index (Phi) is 6.01. The minimum atomic E-state index is -1.43. The average molecular weight is 547 g/mol. The number of phenols is 6. The fourth-order valence-corrected chi connectivity index (χ4v) is 5.58. The maximum absolute atomic E-state index is 11.7. The predicted molar refractivity (Wildman–Crippen MR) is 140 cm³/mol. The summed E-state index contributed by atoms with van der Waals surface area (Å²) in [5, 5.41) is 84.7. The van der Waals surface area contributed by atoms with E-state index in [1.165, 1.54) is 60.7 Å². The summed E-state index contributed by atoms with van der Waals surface area (Å²) in [6, 6.07) is 15.4. The topological polar surface area (TPSA) is 180 Å². The van der Waals surface area contributed by atoms with Crippen molar-refractivity contribution in [2.45, 2.75) is 36.8 Å². The van der Waals surface area contributed by atoms with E-state index >= 15 is 0 Å². The van der Waals surface area contributed by atoms with Gasteiger partial charge in [-0.05, 0) is 41.5 Å². The number of hydrogen-bond acceptors (Lipinski definition) is 10. The molecule has 4 aromatic carbocycles. The molecule has 206 valence electrons. The molecule has 0 unspecified atom stereocenters. The van der Waals surface area contributed by atoms with Gasteiger partial charge in [-0.25, -0.2) is 0 Å². The second kappa shape index (κ2) is 9.44. The van der Waals surface area contributed by atoms with Crippen molar-refractivity contribution in [3.63, 3.8) is 0 Å². The second-order valence-corrected chi connectivity index (χ2v) is 10.0. The van der Waals surface area contributed by atoms with Crippen LogP contribution in [-0.4, -0.2) is 53.1 Å². The minimum absolute atomic E-state index is 0.0313. The monoisotopic (exact) mass is 546 g/mol. The third kappa shape index (κ3) is 4.14. The number of hydrogen-bond donors (Lipinski definition) is 8. The van der Waals surface area contributed by atoms with E-state index in [2.05, 4.69) is 0 Å². The van der Waals surface area contributed by atoms with Crippen molar-refractivity contribution in [2.24, 2.45) is 0 Å². The number of fused-ring (bicyclic) bond motifs is 2. The van der Waals surface area contributed by atoms with Crippen LogP contribution in [0.1, 0.15) is 45.9 Å². The average Bonchev–Trinajstić information content (AvgIpc) is 2.92. The lowest BCUT2D eigenvalue weighted by molar-refractivity contribution is 0.00344. The fourth-order valence-electron chi connectivity index (χ4n) is 5.58. The number of aliphatic hydroxyl groups is 2. The third-order valence-electron chi connectivity index (χ3n) is 7.50. The van der Waals surface area contributed by atoms with Gasteiger partial charge >= 0.3 is 0 Å². The van der Waals surface area contributed by atoms with E-state index in [0.717, 1.165) is 0 Å². The molecule has 0 bridgehead atoms. The smallest absolute Gasteiger partial charge is 0.161 e. The van der Waals surface area contributed by atoms with E-state index in [-0.39, 0.29) is 40.5 Å². The molecular formula is C30H26O10. The lowest BCUT2D eigenvalue weighted by Crippen LogP contribution is -2.37. The number of ether oxygens (including phenoxy) is 2. The van der Waals surface area contributed by atoms with Crippen LogP contribution in [0.15, 0.2) is 66.7 Å². The fraction of sp³-hybridized carbons (Fsp3) is 0.200. The highest BCUT2D eigenvalue weighted by Gasteiger charge is 2.44. The molecule has 10 nitrogen and oxygen atoms in total. The molecule has 0 saturated heterocycles. The largest absolute Gasteiger partial charge is 0.508 e. The highest BCUT2D eigenvalue weighted by atomic mass is 16.5. The summed E-state index contributed by atoms with van der Waals surface area (Å²) >= 11 is 0. The van der Waals surface area contributed by atoms with Gasteiger partial charge in [0.1, 0.15) is 29.1 Å². The highest BCUT2D eigenvalue weighted by Crippen LogP contribution is 2.53. The Labute approximate surface area is 227 Å². The number of phenolic OH excluding ortho intramolecular Hbond substituents is 6. The normalized spacial score (nSPS) is 23.4. The third-order valence-corrected chi connectivity index (χ3v) is 7.50. The van der Waals surface area contributed by atoms with Gasteiger partial charge in [0.25, 0.3) is 0 Å². The van der Waals surface area contributed by atoms with Crippen LogP contribution in [0.3, 0.4) is 0 Å². The zero-order valence-corrected chi connectivity index (χ0v) is 20.8. The molecule has 2 aliphatic heterocycles. The van der Waals surface area contributed by atoms with Crippen LogP contribution >= 0.6 is 0 Å². The molecule has 0 spiro atoms. The molecule has 0 amide bonds. The Morgan fingerprint density at radius 1 is 0.600 bits per heavy atom. The van der Waals surface area contributed by atoms with Gasteiger partial charge in [-0.1, -0.05) is 24.3 Å². The zero-order chi connectivity index (χ0) is 28.3. The van der Waals surface area contributed by atoms with Crippen molar-refractivity contribution in [1.82, 2.24) is 0 Å². The van der Waals surface area contributed by atoms with E-state index in [0.29, 0.717) is 22.4 Å². The van der Waals surface area contributed by atoms with E-state index in [9.17, 15) is 40.9 Å². The molecule has 40 heavy (non-hydrogen) atoms. The van der Waals surface area contributed by atoms with Crippen molar-refractivity contribution >= 4 is 0 Å². The predicted octanol–water partition coefficient (Wildman–Crippen LogP) is 3.58. The molecule has 2 aliphatic rings. The molecule has 8 N–H and O–H groups in total. The summed E-state index contributed by atoms with van der Waals surface area (Å²) in [4.78, 5) is 0. The van der Waals surface area contributed by atoms with Crippen LogP contribution in [-0.2, 0) is 6.42 Å². The summed E-state index contributed by atoms with van der Waals surface area (Å²) in [6.45, 7) is 0. The van der Waals surface area contributed by atoms with Crippen LogP contribution in [0.2, 0.25) is 0 Å². The Morgan fingerprint density at radius 2 is 1.25 bits per heavy atom. The lowest BCUT2D eigenvalue weighted by atomic mass is 9.76. The van der Waals surface area contributed by atoms with Crippen LogP contribution in [0.4, 0.5) is 0 Å². The second-order valence-electron chi connectivity index (χ2n) is 10.0. The maximum Gasteiger partial charge on any atom is 0.161 e. The molecule has 0 fully saturated rings. The lowest BCUT2D eigenvalue weighted by Gasteiger charge is -2.40. The molecule has 2 heterocycles. The first-order valence-corrected chi connectivity index (χ1v) is 12.5. The van der Waals surface area contributed by atoms with Gasteiger partial charge in [0.05, 0.1) is 6.10 Å². The van der Waals surface area contributed by atoms with Crippen LogP contribution < -0.4 is 9.47 Å². The zero-order valence-electron chi connectivity index (χ0n) is 20.8. The minimum Gasteiger partial charge on any atom is -0.508 e. The van der Waals surface area contributed by atoms with Crippen molar-refractivity contribution in [3.05, 3.63) is 94.5 Å². The van der Waals surface area contributed by atoms with Crippen molar-refractivity contribution in [3.8, 4) is 46.0 Å². The van der Waals surface area contributed by atoms with Gasteiger partial charge in [0.15, 0.2) is 35.2 Å². The molecule has 0 saturated carbocycles. The summed E-state index contributed by atoms with van der Waals surface area (Å²) in [7, 11) is 0. The Hall–Kier alpha value is -4.80. The standard InChI is InChI=1S/C30H26O10/c31-15-3-1-13-9-22(36)30(39-23(13)11-15)18-6-8-20(34)27(37)26(18)25-17-5-4-16(32)12-24(17)40-29(28(25)38)14-2-7-19(33)21(35)10-14/h1-8,10-12,22,25,28-38H,9H2/t22-,25+,28-,29+,30-/m0/s1. The van der Waals surface area contributed by atoms with Crippen molar-refractivity contribution < 1.29 is 50.3 Å². The Morgan fingerprint density at radius 3 is 2.00 bits per heavy atom. The Balaban J connectivity index is 1.53. The summed E-state index contributed by atoms with van der Waals surface area (Å²) in [5.41, 5.74) is 1.67. The Bertz CT molecular complexity index is 1620. The molecule has 4 aromatic rings. The van der Waals surface area contributed by atoms with Gasteiger partial charge in [-0.3, -0.25) is 0 Å². The number of aliphatic hydroxyl groups excluding tert-OH is 2. The van der Waals surface area contributed by atoms with E-state index in [1.807, 2.05) is 0 Å². The molecule has 0 aliphatic carbocycles. The number of rotatable bonds is 3. The van der Waals surface area contributed by atoms with Crippen molar-refractivity contribution in [2.75, 3.05) is 0 Å². The summed E-state index contributed by atoms with van der Waals surface area (Å²) < 4.78 is 12.1. The first-order chi connectivity index (χ1) is 19.1. The first kappa shape index (κ1) is 25.5. The quantitative estimate of drug-likeness (QED) is 0.177. The molecule has 6 rings (SSSR count). The van der Waals surface area contributed by atoms with E-state index < -0.39 is 47.6 Å². The molecule has 0 aromatic heterocycles. The summed E-state index contributed by atoms with van der Waals surface area (Å²) in [6.07, 6.45) is -4.53. The summed E-state index contributed by atoms with van der Waals surface area (Å²) in [5.74, 6) is -2.55. The van der Waals surface area contributed by atoms with Crippen LogP contribution in [0, 0.1) is 0 Å². The van der Waals surface area contributed by atoms with Gasteiger partial charge in [-0.15, -0.1) is 0 Å². The maximum atomic E-state index is 11.7. The molecular weight excluding hydrogens is 520 g/mol. The number of aromatic hydroxyl groups is 6. The molecule has 5 atom stereocenters. The molecule has 10 heteroatoms. The van der Waals surface area contributed by atoms with Crippen LogP contribution in [0.5, 0.6) is 46.0 Å². The number of benzene rings is 4. The van der Waals surface area contributed by atoms with Gasteiger partial charge in [0, 0.05) is 41.2 Å². The van der Waals surface area contributed by atoms with Gasteiger partial charge < -0.3 is 50.3 Å². The molecule has 0 radical (unpaired) electrons. The SMILES string of the molecule is Oc1ccc2c(c1)O[C@@H](c1ccc(O)c(O)c1[C@H]1c3ccc(O)cc3O[C@H](c3ccc(O)c(O)c3)[C@H]1O)[C@@H](O)C2.